The van der Waals surface area contributed by atoms with Gasteiger partial charge in [0, 0.05) is 6.04 Å². The van der Waals surface area contributed by atoms with E-state index in [2.05, 4.69) is 10.6 Å². The van der Waals surface area contributed by atoms with Gasteiger partial charge in [-0.25, -0.2) is 4.39 Å². The molecule has 86 valence electrons. The molecule has 2 N–H and O–H groups in total. The molecule has 5 heteroatoms. The lowest BCUT2D eigenvalue weighted by Gasteiger charge is -2.08. The van der Waals surface area contributed by atoms with Gasteiger partial charge in [0.15, 0.2) is 0 Å². The molecule has 1 aromatic carbocycles. The summed E-state index contributed by atoms with van der Waals surface area (Å²) in [6.45, 7) is 0.190. The third-order valence-electron chi connectivity index (χ3n) is 2.36. The van der Waals surface area contributed by atoms with Gasteiger partial charge in [-0.15, -0.1) is 0 Å². The standard InChI is InChI=1S/C11H12ClFN2O/c12-8-2-1-3-9(13)11(8)15-10(16)6-14-7-4-5-7/h1-3,7,14H,4-6H2,(H,15,16). The molecule has 2 rings (SSSR count). The molecule has 1 aliphatic carbocycles. The minimum atomic E-state index is -0.521. The first kappa shape index (κ1) is 11.4. The van der Waals surface area contributed by atoms with Crippen LogP contribution in [-0.2, 0) is 4.79 Å². The maximum atomic E-state index is 13.3. The Bertz CT molecular complexity index is 387. The fourth-order valence-corrected chi connectivity index (χ4v) is 1.54. The number of carbonyl (C=O) groups excluding carboxylic acids is 1. The molecular weight excluding hydrogens is 231 g/mol. The topological polar surface area (TPSA) is 41.1 Å². The Kier molecular flexibility index (Phi) is 3.41. The van der Waals surface area contributed by atoms with Crippen molar-refractivity contribution in [3.8, 4) is 0 Å². The molecule has 0 atom stereocenters. The van der Waals surface area contributed by atoms with Crippen molar-refractivity contribution in [3.63, 3.8) is 0 Å². The number of anilines is 1. The first-order chi connectivity index (χ1) is 7.66. The lowest BCUT2D eigenvalue weighted by molar-refractivity contribution is -0.115. The summed E-state index contributed by atoms with van der Waals surface area (Å²) in [4.78, 5) is 11.5. The second-order valence-corrected chi connectivity index (χ2v) is 4.21. The van der Waals surface area contributed by atoms with Crippen molar-refractivity contribution in [2.45, 2.75) is 18.9 Å². The lowest BCUT2D eigenvalue weighted by Crippen LogP contribution is -2.29. The van der Waals surface area contributed by atoms with Gasteiger partial charge in [-0.3, -0.25) is 4.79 Å². The molecule has 0 heterocycles. The Morgan fingerprint density at radius 2 is 2.25 bits per heavy atom. The van der Waals surface area contributed by atoms with Gasteiger partial charge in [0.1, 0.15) is 5.82 Å². The van der Waals surface area contributed by atoms with Crippen LogP contribution in [0.1, 0.15) is 12.8 Å². The summed E-state index contributed by atoms with van der Waals surface area (Å²) in [5, 5.41) is 5.70. The van der Waals surface area contributed by atoms with Crippen LogP contribution in [0.3, 0.4) is 0 Å². The predicted molar refractivity (Wildman–Crippen MR) is 61.1 cm³/mol. The van der Waals surface area contributed by atoms with Gasteiger partial charge >= 0.3 is 0 Å². The molecule has 1 aliphatic rings. The first-order valence-electron chi connectivity index (χ1n) is 5.14. The molecule has 16 heavy (non-hydrogen) atoms. The molecule has 0 bridgehead atoms. The summed E-state index contributed by atoms with van der Waals surface area (Å²) in [6, 6.07) is 4.74. The Hall–Kier alpha value is -1.13. The zero-order valence-electron chi connectivity index (χ0n) is 8.59. The van der Waals surface area contributed by atoms with Gasteiger partial charge in [-0.05, 0) is 25.0 Å². The van der Waals surface area contributed by atoms with Crippen molar-refractivity contribution < 1.29 is 9.18 Å². The van der Waals surface area contributed by atoms with Crippen LogP contribution in [0.4, 0.5) is 10.1 Å². The van der Waals surface area contributed by atoms with Crippen molar-refractivity contribution in [2.24, 2.45) is 0 Å². The molecular formula is C11H12ClFN2O. The van der Waals surface area contributed by atoms with Crippen LogP contribution in [0.25, 0.3) is 0 Å². The molecule has 1 fully saturated rings. The van der Waals surface area contributed by atoms with Crippen molar-refractivity contribution in [3.05, 3.63) is 29.0 Å². The highest BCUT2D eigenvalue weighted by atomic mass is 35.5. The summed E-state index contributed by atoms with van der Waals surface area (Å²) < 4.78 is 13.3. The van der Waals surface area contributed by atoms with Crippen LogP contribution in [0.15, 0.2) is 18.2 Å². The Labute approximate surface area is 98.0 Å². The highest BCUT2D eigenvalue weighted by Crippen LogP contribution is 2.24. The third-order valence-corrected chi connectivity index (χ3v) is 2.67. The van der Waals surface area contributed by atoms with E-state index in [4.69, 9.17) is 11.6 Å². The lowest BCUT2D eigenvalue weighted by atomic mass is 10.3. The number of halogens is 2. The zero-order valence-corrected chi connectivity index (χ0v) is 9.35. The maximum absolute atomic E-state index is 13.3. The van der Waals surface area contributed by atoms with E-state index in [1.165, 1.54) is 18.2 Å². The van der Waals surface area contributed by atoms with E-state index in [1.54, 1.807) is 0 Å². The van der Waals surface area contributed by atoms with E-state index >= 15 is 0 Å². The fourth-order valence-electron chi connectivity index (χ4n) is 1.33. The minimum Gasteiger partial charge on any atom is -0.321 e. The van der Waals surface area contributed by atoms with Gasteiger partial charge in [0.25, 0.3) is 0 Å². The number of para-hydroxylation sites is 1. The van der Waals surface area contributed by atoms with Gasteiger partial charge in [-0.2, -0.15) is 0 Å². The molecule has 0 unspecified atom stereocenters. The van der Waals surface area contributed by atoms with E-state index in [-0.39, 0.29) is 23.2 Å². The molecule has 1 saturated carbocycles. The quantitative estimate of drug-likeness (QED) is 0.850. The van der Waals surface area contributed by atoms with Gasteiger partial charge < -0.3 is 10.6 Å². The SMILES string of the molecule is O=C(CNC1CC1)Nc1c(F)cccc1Cl. The number of hydrogen-bond acceptors (Lipinski definition) is 2. The number of hydrogen-bond donors (Lipinski definition) is 2. The zero-order chi connectivity index (χ0) is 11.5. The highest BCUT2D eigenvalue weighted by Gasteiger charge is 2.21. The van der Waals surface area contributed by atoms with Crippen LogP contribution in [-0.4, -0.2) is 18.5 Å². The average Bonchev–Trinajstić information content (AvgIpc) is 3.04. The van der Waals surface area contributed by atoms with E-state index < -0.39 is 5.82 Å². The van der Waals surface area contributed by atoms with Crippen molar-refractivity contribution >= 4 is 23.2 Å². The largest absolute Gasteiger partial charge is 0.321 e. The smallest absolute Gasteiger partial charge is 0.238 e. The molecule has 0 aromatic heterocycles. The van der Waals surface area contributed by atoms with E-state index in [1.807, 2.05) is 0 Å². The molecule has 3 nitrogen and oxygen atoms in total. The minimum absolute atomic E-state index is 0.0479. The number of benzene rings is 1. The normalized spacial score (nSPS) is 14.9. The van der Waals surface area contributed by atoms with E-state index in [0.717, 1.165) is 12.8 Å². The van der Waals surface area contributed by atoms with Crippen molar-refractivity contribution in [1.29, 1.82) is 0 Å². The summed E-state index contributed by atoms with van der Waals surface area (Å²) in [5.74, 6) is -0.800. The number of amides is 1. The molecule has 0 saturated heterocycles. The first-order valence-corrected chi connectivity index (χ1v) is 5.52. The number of nitrogens with one attached hydrogen (secondary N) is 2. The monoisotopic (exact) mass is 242 g/mol. The second kappa shape index (κ2) is 4.80. The molecule has 0 radical (unpaired) electrons. The molecule has 0 aliphatic heterocycles. The van der Waals surface area contributed by atoms with Crippen LogP contribution in [0, 0.1) is 5.82 Å². The van der Waals surface area contributed by atoms with Crippen LogP contribution < -0.4 is 10.6 Å². The maximum Gasteiger partial charge on any atom is 0.238 e. The van der Waals surface area contributed by atoms with Crippen LogP contribution >= 0.6 is 11.6 Å². The van der Waals surface area contributed by atoms with Crippen LogP contribution in [0.2, 0.25) is 5.02 Å². The van der Waals surface area contributed by atoms with Gasteiger partial charge in [0.2, 0.25) is 5.91 Å². The van der Waals surface area contributed by atoms with Crippen molar-refractivity contribution in [1.82, 2.24) is 5.32 Å². The molecule has 1 amide bonds. The summed E-state index contributed by atoms with van der Waals surface area (Å²) >= 11 is 5.77. The molecule has 1 aromatic rings. The van der Waals surface area contributed by atoms with E-state index in [0.29, 0.717) is 6.04 Å². The fraction of sp³-hybridized carbons (Fsp3) is 0.364. The second-order valence-electron chi connectivity index (χ2n) is 3.80. The van der Waals surface area contributed by atoms with Crippen molar-refractivity contribution in [2.75, 3.05) is 11.9 Å². The predicted octanol–water partition coefficient (Wildman–Crippen LogP) is 2.17. The third kappa shape index (κ3) is 2.93. The number of rotatable bonds is 4. The highest BCUT2D eigenvalue weighted by molar-refractivity contribution is 6.33. The van der Waals surface area contributed by atoms with Gasteiger partial charge in [0.05, 0.1) is 17.3 Å². The average molecular weight is 243 g/mol. The van der Waals surface area contributed by atoms with Crippen LogP contribution in [0.5, 0.6) is 0 Å². The summed E-state index contributed by atoms with van der Waals surface area (Å²) in [5.41, 5.74) is 0.0479. The van der Waals surface area contributed by atoms with Gasteiger partial charge in [-0.1, -0.05) is 17.7 Å². The number of carbonyl (C=O) groups is 1. The Balaban J connectivity index is 1.93. The molecule has 0 spiro atoms. The Morgan fingerprint density at radius 1 is 1.50 bits per heavy atom. The summed E-state index contributed by atoms with van der Waals surface area (Å²) in [7, 11) is 0. The summed E-state index contributed by atoms with van der Waals surface area (Å²) in [6.07, 6.45) is 2.21. The van der Waals surface area contributed by atoms with E-state index in [9.17, 15) is 9.18 Å². The Morgan fingerprint density at radius 3 is 2.88 bits per heavy atom.